The van der Waals surface area contributed by atoms with Crippen LogP contribution in [0.25, 0.3) is 0 Å². The van der Waals surface area contributed by atoms with E-state index in [4.69, 9.17) is 9.26 Å². The van der Waals surface area contributed by atoms with E-state index in [2.05, 4.69) is 32.8 Å². The molecular formula is C20H26N4O4. The van der Waals surface area contributed by atoms with Crippen LogP contribution in [0.1, 0.15) is 30.3 Å². The lowest BCUT2D eigenvalue weighted by molar-refractivity contribution is -0.136. The zero-order chi connectivity index (χ0) is 19.8. The highest BCUT2D eigenvalue weighted by molar-refractivity contribution is 6.39. The van der Waals surface area contributed by atoms with Gasteiger partial charge in [0.15, 0.2) is 5.82 Å². The average Bonchev–Trinajstić information content (AvgIpc) is 3.13. The minimum Gasteiger partial charge on any atom is -0.371 e. The second kappa shape index (κ2) is 10.0. The molecule has 0 radical (unpaired) electrons. The van der Waals surface area contributed by atoms with Crippen LogP contribution in [0.3, 0.4) is 0 Å². The molecule has 8 nitrogen and oxygen atoms in total. The number of anilines is 1. The molecule has 1 aliphatic heterocycles. The maximum Gasteiger partial charge on any atom is 0.314 e. The number of ether oxygens (including phenoxy) is 1. The molecule has 2 heterocycles. The van der Waals surface area contributed by atoms with Gasteiger partial charge in [-0.05, 0) is 31.9 Å². The third kappa shape index (κ3) is 5.90. The van der Waals surface area contributed by atoms with Gasteiger partial charge in [-0.1, -0.05) is 35.5 Å². The summed E-state index contributed by atoms with van der Waals surface area (Å²) >= 11 is 0. The monoisotopic (exact) mass is 386 g/mol. The van der Waals surface area contributed by atoms with Gasteiger partial charge >= 0.3 is 11.8 Å². The summed E-state index contributed by atoms with van der Waals surface area (Å²) in [6, 6.07) is 11.8. The van der Waals surface area contributed by atoms with Gasteiger partial charge in [0.2, 0.25) is 0 Å². The average molecular weight is 386 g/mol. The Bertz CT molecular complexity index is 778. The molecule has 1 aromatic carbocycles. The highest BCUT2D eigenvalue weighted by Gasteiger charge is 2.21. The van der Waals surface area contributed by atoms with Gasteiger partial charge in [0, 0.05) is 25.7 Å². The second-order valence-electron chi connectivity index (χ2n) is 6.81. The normalized spacial score (nSPS) is 17.2. The minimum absolute atomic E-state index is 0.110. The lowest BCUT2D eigenvalue weighted by atomic mass is 10.1. The molecule has 2 N–H and O–H groups in total. The summed E-state index contributed by atoms with van der Waals surface area (Å²) in [6.07, 6.45) is 1.85. The zero-order valence-electron chi connectivity index (χ0n) is 16.0. The number of aromatic nitrogens is 1. The molecule has 0 aliphatic carbocycles. The first-order chi connectivity index (χ1) is 13.6. The third-order valence-electron chi connectivity index (χ3n) is 4.58. The number of carbonyl (C=O) groups is 2. The maximum atomic E-state index is 11.8. The summed E-state index contributed by atoms with van der Waals surface area (Å²) in [5, 5.41) is 8.65. The number of hydrogen-bond acceptors (Lipinski definition) is 6. The standard InChI is InChI=1S/C20H26N4O4/c1-15-13-18(23-28-15)22-20(26)19(25)21-9-5-6-10-24-11-12-27-17(14-24)16-7-3-2-4-8-16/h2-4,7-8,13,17H,5-6,9-12,14H2,1H3,(H,21,25)(H,22,23,26). The SMILES string of the molecule is Cc1cc(NC(=O)C(=O)NCCCCN2CCOC(c3ccccc3)C2)no1. The Morgan fingerprint density at radius 2 is 2.04 bits per heavy atom. The summed E-state index contributed by atoms with van der Waals surface area (Å²) in [7, 11) is 0. The Labute approximate surface area is 164 Å². The van der Waals surface area contributed by atoms with E-state index in [1.807, 2.05) is 18.2 Å². The van der Waals surface area contributed by atoms with Gasteiger partial charge in [-0.15, -0.1) is 0 Å². The topological polar surface area (TPSA) is 96.7 Å². The molecule has 3 rings (SSSR count). The van der Waals surface area contributed by atoms with Crippen LogP contribution in [0.4, 0.5) is 5.82 Å². The van der Waals surface area contributed by atoms with Crippen molar-refractivity contribution in [2.24, 2.45) is 0 Å². The van der Waals surface area contributed by atoms with Crippen LogP contribution in [0.15, 0.2) is 40.9 Å². The Morgan fingerprint density at radius 1 is 1.21 bits per heavy atom. The molecule has 2 aromatic rings. The van der Waals surface area contributed by atoms with Crippen molar-refractivity contribution in [3.05, 3.63) is 47.7 Å². The van der Waals surface area contributed by atoms with Gasteiger partial charge in [-0.2, -0.15) is 0 Å². The van der Waals surface area contributed by atoms with Crippen LogP contribution < -0.4 is 10.6 Å². The van der Waals surface area contributed by atoms with Crippen molar-refractivity contribution in [3.63, 3.8) is 0 Å². The molecule has 0 saturated carbocycles. The molecule has 1 unspecified atom stereocenters. The largest absolute Gasteiger partial charge is 0.371 e. The van der Waals surface area contributed by atoms with Crippen molar-refractivity contribution in [1.82, 2.24) is 15.4 Å². The first-order valence-corrected chi connectivity index (χ1v) is 9.53. The third-order valence-corrected chi connectivity index (χ3v) is 4.58. The maximum absolute atomic E-state index is 11.8. The molecule has 0 bridgehead atoms. The molecule has 8 heteroatoms. The van der Waals surface area contributed by atoms with E-state index in [0.717, 1.165) is 39.1 Å². The van der Waals surface area contributed by atoms with Crippen molar-refractivity contribution in [1.29, 1.82) is 0 Å². The van der Waals surface area contributed by atoms with Gasteiger partial charge in [-0.3, -0.25) is 19.8 Å². The second-order valence-corrected chi connectivity index (χ2v) is 6.81. The number of hydrogen-bond donors (Lipinski definition) is 2. The van der Waals surface area contributed by atoms with Crippen molar-refractivity contribution in [2.45, 2.75) is 25.9 Å². The fraction of sp³-hybridized carbons (Fsp3) is 0.450. The van der Waals surface area contributed by atoms with E-state index in [9.17, 15) is 9.59 Å². The van der Waals surface area contributed by atoms with Crippen LogP contribution >= 0.6 is 0 Å². The summed E-state index contributed by atoms with van der Waals surface area (Å²) in [6.45, 7) is 5.60. The number of nitrogens with zero attached hydrogens (tertiary/aromatic N) is 2. The summed E-state index contributed by atoms with van der Waals surface area (Å²) in [5.41, 5.74) is 1.20. The number of carbonyl (C=O) groups excluding carboxylic acids is 2. The fourth-order valence-corrected chi connectivity index (χ4v) is 3.12. The Balaban J connectivity index is 1.31. The molecular weight excluding hydrogens is 360 g/mol. The predicted molar refractivity (Wildman–Crippen MR) is 104 cm³/mol. The van der Waals surface area contributed by atoms with Crippen LogP contribution in [-0.4, -0.2) is 54.7 Å². The molecule has 1 atom stereocenters. The lowest BCUT2D eigenvalue weighted by Crippen LogP contribution is -2.39. The van der Waals surface area contributed by atoms with Crippen molar-refractivity contribution < 1.29 is 18.8 Å². The van der Waals surface area contributed by atoms with Crippen LogP contribution in [0.5, 0.6) is 0 Å². The highest BCUT2D eigenvalue weighted by atomic mass is 16.5. The fourth-order valence-electron chi connectivity index (χ4n) is 3.12. The minimum atomic E-state index is -0.743. The highest BCUT2D eigenvalue weighted by Crippen LogP contribution is 2.21. The number of nitrogens with one attached hydrogen (secondary N) is 2. The van der Waals surface area contributed by atoms with Crippen LogP contribution in [-0.2, 0) is 14.3 Å². The number of rotatable bonds is 7. The molecule has 1 aromatic heterocycles. The van der Waals surface area contributed by atoms with Crippen LogP contribution in [0, 0.1) is 6.92 Å². The first-order valence-electron chi connectivity index (χ1n) is 9.53. The van der Waals surface area contributed by atoms with Crippen molar-refractivity contribution in [2.75, 3.05) is 38.1 Å². The molecule has 1 saturated heterocycles. The van der Waals surface area contributed by atoms with Gasteiger partial charge in [0.25, 0.3) is 0 Å². The van der Waals surface area contributed by atoms with Gasteiger partial charge < -0.3 is 14.6 Å². The Hall–Kier alpha value is -2.71. The van der Waals surface area contributed by atoms with Gasteiger partial charge in [0.1, 0.15) is 5.76 Å². The van der Waals surface area contributed by atoms with Crippen molar-refractivity contribution in [3.8, 4) is 0 Å². The van der Waals surface area contributed by atoms with Gasteiger partial charge in [-0.25, -0.2) is 0 Å². The van der Waals surface area contributed by atoms with E-state index in [0.29, 0.717) is 12.3 Å². The Kier molecular flexibility index (Phi) is 7.16. The number of amides is 2. The first kappa shape index (κ1) is 20.0. The number of aryl methyl sites for hydroxylation is 1. The van der Waals surface area contributed by atoms with Gasteiger partial charge in [0.05, 0.1) is 12.7 Å². The molecule has 1 aliphatic rings. The van der Waals surface area contributed by atoms with Crippen LogP contribution in [0.2, 0.25) is 0 Å². The summed E-state index contributed by atoms with van der Waals surface area (Å²) < 4.78 is 10.7. The molecule has 1 fully saturated rings. The van der Waals surface area contributed by atoms with E-state index < -0.39 is 11.8 Å². The Morgan fingerprint density at radius 3 is 2.79 bits per heavy atom. The van der Waals surface area contributed by atoms with E-state index in [-0.39, 0.29) is 11.9 Å². The molecule has 2 amide bonds. The summed E-state index contributed by atoms with van der Waals surface area (Å²) in [4.78, 5) is 26.0. The van der Waals surface area contributed by atoms with E-state index >= 15 is 0 Å². The lowest BCUT2D eigenvalue weighted by Gasteiger charge is -2.33. The molecule has 28 heavy (non-hydrogen) atoms. The zero-order valence-corrected chi connectivity index (χ0v) is 16.0. The smallest absolute Gasteiger partial charge is 0.314 e. The summed E-state index contributed by atoms with van der Waals surface area (Å²) in [5.74, 6) is -0.616. The van der Waals surface area contributed by atoms with E-state index in [1.165, 1.54) is 5.56 Å². The number of morpholine rings is 1. The molecule has 150 valence electrons. The van der Waals surface area contributed by atoms with E-state index in [1.54, 1.807) is 13.0 Å². The quantitative estimate of drug-likeness (QED) is 0.557. The predicted octanol–water partition coefficient (Wildman–Crippen LogP) is 1.89. The molecule has 0 spiro atoms. The van der Waals surface area contributed by atoms with Crippen molar-refractivity contribution >= 4 is 17.6 Å². The number of benzene rings is 1. The number of unbranched alkanes of at least 4 members (excludes halogenated alkanes) is 1.